The molecule has 0 saturated carbocycles. The zero-order valence-corrected chi connectivity index (χ0v) is 8.51. The second-order valence-corrected chi connectivity index (χ2v) is 3.75. The molecule has 2 aliphatic carbocycles. The summed E-state index contributed by atoms with van der Waals surface area (Å²) in [4.78, 5) is 11.5. The van der Waals surface area contributed by atoms with Crippen LogP contribution in [0.25, 0.3) is 6.08 Å². The number of benzene rings is 1. The highest BCUT2D eigenvalue weighted by Gasteiger charge is 2.30. The van der Waals surface area contributed by atoms with Gasteiger partial charge < -0.3 is 0 Å². The van der Waals surface area contributed by atoms with E-state index in [0.717, 1.165) is 12.8 Å². The normalized spacial score (nSPS) is 21.7. The molecule has 3 rings (SSSR count). The minimum Gasteiger partial charge on any atom is -0.294 e. The van der Waals surface area contributed by atoms with Crippen LogP contribution in [0, 0.1) is 0 Å². The zero-order valence-electron chi connectivity index (χ0n) is 7.69. The maximum atomic E-state index is 11.5. The zero-order chi connectivity index (χ0) is 8.84. The lowest BCUT2D eigenvalue weighted by Gasteiger charge is -2.15. The van der Waals surface area contributed by atoms with Crippen molar-refractivity contribution in [3.63, 3.8) is 0 Å². The molecule has 1 aromatic carbocycles. The van der Waals surface area contributed by atoms with Crippen LogP contribution in [-0.4, -0.2) is 5.78 Å². The van der Waals surface area contributed by atoms with E-state index in [1.54, 1.807) is 6.08 Å². The van der Waals surface area contributed by atoms with Gasteiger partial charge in [0.15, 0.2) is 5.78 Å². The van der Waals surface area contributed by atoms with Crippen molar-refractivity contribution in [2.24, 2.45) is 0 Å². The Bertz CT molecular complexity index is 420. The Balaban J connectivity index is 0.000000750. The molecule has 1 atom stereocenters. The molecular weight excluding hydrogens is 196 g/mol. The lowest BCUT2D eigenvalue weighted by atomic mass is 9.88. The number of rotatable bonds is 0. The molecule has 0 N–H and O–H groups in total. The van der Waals surface area contributed by atoms with Crippen LogP contribution in [0.3, 0.4) is 0 Å². The van der Waals surface area contributed by atoms with Crippen molar-refractivity contribution in [2.75, 3.05) is 0 Å². The topological polar surface area (TPSA) is 17.1 Å². The standard InChI is InChI=1S/C12H10O.ClH/c13-11-7-5-9-3-1-2-8-4-6-10(11)12(8)9;/h1-3,5,7,10H,4,6H2;1H. The van der Waals surface area contributed by atoms with E-state index in [9.17, 15) is 4.79 Å². The van der Waals surface area contributed by atoms with Gasteiger partial charge in [-0.3, -0.25) is 4.79 Å². The molecule has 0 bridgehead atoms. The number of halogens is 1. The highest BCUT2D eigenvalue weighted by Crippen LogP contribution is 2.39. The van der Waals surface area contributed by atoms with E-state index in [4.69, 9.17) is 0 Å². The van der Waals surface area contributed by atoms with Crippen molar-refractivity contribution in [2.45, 2.75) is 18.8 Å². The summed E-state index contributed by atoms with van der Waals surface area (Å²) in [5, 5.41) is 0. The van der Waals surface area contributed by atoms with E-state index in [2.05, 4.69) is 18.2 Å². The molecule has 0 amide bonds. The summed E-state index contributed by atoms with van der Waals surface area (Å²) in [7, 11) is 0. The first-order valence-corrected chi connectivity index (χ1v) is 4.70. The molecule has 2 aliphatic rings. The number of hydrogen-bond donors (Lipinski definition) is 0. The average molecular weight is 207 g/mol. The smallest absolute Gasteiger partial charge is 0.163 e. The average Bonchev–Trinajstić information content (AvgIpc) is 2.57. The van der Waals surface area contributed by atoms with Crippen LogP contribution >= 0.6 is 12.4 Å². The van der Waals surface area contributed by atoms with E-state index in [-0.39, 0.29) is 24.1 Å². The molecule has 1 nitrogen and oxygen atoms in total. The molecule has 1 unspecified atom stereocenters. The van der Waals surface area contributed by atoms with Gasteiger partial charge in [0.1, 0.15) is 0 Å². The monoisotopic (exact) mass is 206 g/mol. The van der Waals surface area contributed by atoms with Crippen molar-refractivity contribution in [3.05, 3.63) is 41.0 Å². The lowest BCUT2D eigenvalue weighted by Crippen LogP contribution is -2.11. The number of hydrogen-bond acceptors (Lipinski definition) is 1. The SMILES string of the molecule is Cl.O=C1C=Cc2cccc3c2C1CC3. The second-order valence-electron chi connectivity index (χ2n) is 3.75. The molecule has 14 heavy (non-hydrogen) atoms. The van der Waals surface area contributed by atoms with Gasteiger partial charge in [-0.15, -0.1) is 12.4 Å². The first-order chi connectivity index (χ1) is 6.36. The fraction of sp³-hybridized carbons (Fsp3) is 0.250. The van der Waals surface area contributed by atoms with Crippen LogP contribution in [0.15, 0.2) is 24.3 Å². The van der Waals surface area contributed by atoms with Crippen LogP contribution in [-0.2, 0) is 11.2 Å². The predicted molar refractivity (Wildman–Crippen MR) is 58.8 cm³/mol. The van der Waals surface area contributed by atoms with E-state index < -0.39 is 0 Å². The maximum absolute atomic E-state index is 11.5. The van der Waals surface area contributed by atoms with E-state index in [0.29, 0.717) is 0 Å². The highest BCUT2D eigenvalue weighted by molar-refractivity contribution is 6.02. The van der Waals surface area contributed by atoms with Crippen LogP contribution in [0.1, 0.15) is 29.0 Å². The van der Waals surface area contributed by atoms with Gasteiger partial charge in [-0.1, -0.05) is 24.3 Å². The van der Waals surface area contributed by atoms with Crippen molar-refractivity contribution in [1.82, 2.24) is 0 Å². The first-order valence-electron chi connectivity index (χ1n) is 4.70. The van der Waals surface area contributed by atoms with Crippen LogP contribution in [0.2, 0.25) is 0 Å². The van der Waals surface area contributed by atoms with Crippen molar-refractivity contribution >= 4 is 24.3 Å². The number of ketones is 1. The third-order valence-electron chi connectivity index (χ3n) is 3.05. The predicted octanol–water partition coefficient (Wildman–Crippen LogP) is 2.73. The fourth-order valence-corrected chi connectivity index (χ4v) is 2.44. The Morgan fingerprint density at radius 3 is 2.93 bits per heavy atom. The Morgan fingerprint density at radius 2 is 2.07 bits per heavy atom. The maximum Gasteiger partial charge on any atom is 0.163 e. The Morgan fingerprint density at radius 1 is 1.21 bits per heavy atom. The summed E-state index contributed by atoms with van der Waals surface area (Å²) in [5.41, 5.74) is 3.93. The molecule has 2 heteroatoms. The van der Waals surface area contributed by atoms with Crippen LogP contribution < -0.4 is 0 Å². The summed E-state index contributed by atoms with van der Waals surface area (Å²) < 4.78 is 0. The van der Waals surface area contributed by atoms with Gasteiger partial charge in [0, 0.05) is 5.92 Å². The van der Waals surface area contributed by atoms with Gasteiger partial charge in [0.2, 0.25) is 0 Å². The van der Waals surface area contributed by atoms with Crippen molar-refractivity contribution in [1.29, 1.82) is 0 Å². The fourth-order valence-electron chi connectivity index (χ4n) is 2.44. The summed E-state index contributed by atoms with van der Waals surface area (Å²) in [6, 6.07) is 6.32. The number of allylic oxidation sites excluding steroid dienone is 1. The van der Waals surface area contributed by atoms with Gasteiger partial charge in [-0.05, 0) is 35.6 Å². The molecule has 0 radical (unpaired) electrons. The van der Waals surface area contributed by atoms with Crippen molar-refractivity contribution in [3.8, 4) is 0 Å². The first kappa shape index (κ1) is 9.47. The number of aryl methyl sites for hydroxylation is 1. The Hall–Kier alpha value is -1.08. The number of carbonyl (C=O) groups is 1. The molecule has 72 valence electrons. The van der Waals surface area contributed by atoms with Gasteiger partial charge in [-0.25, -0.2) is 0 Å². The molecule has 0 fully saturated rings. The van der Waals surface area contributed by atoms with E-state index in [1.165, 1.54) is 16.7 Å². The minimum absolute atomic E-state index is 0. The quantitative estimate of drug-likeness (QED) is 0.638. The number of carbonyl (C=O) groups excluding carboxylic acids is 1. The Kier molecular flexibility index (Phi) is 2.20. The molecule has 0 heterocycles. The molecule has 1 aromatic rings. The highest BCUT2D eigenvalue weighted by atomic mass is 35.5. The van der Waals surface area contributed by atoms with Crippen LogP contribution in [0.4, 0.5) is 0 Å². The van der Waals surface area contributed by atoms with Gasteiger partial charge in [-0.2, -0.15) is 0 Å². The minimum atomic E-state index is 0. The molecule has 0 spiro atoms. The summed E-state index contributed by atoms with van der Waals surface area (Å²) in [6.45, 7) is 0. The molecule has 0 aliphatic heterocycles. The summed E-state index contributed by atoms with van der Waals surface area (Å²) in [6.07, 6.45) is 5.75. The van der Waals surface area contributed by atoms with Gasteiger partial charge in [0.05, 0.1) is 0 Å². The summed E-state index contributed by atoms with van der Waals surface area (Å²) in [5.74, 6) is 0.466. The van der Waals surface area contributed by atoms with Gasteiger partial charge >= 0.3 is 0 Å². The van der Waals surface area contributed by atoms with E-state index >= 15 is 0 Å². The summed E-state index contributed by atoms with van der Waals surface area (Å²) >= 11 is 0. The third kappa shape index (κ3) is 1.12. The van der Waals surface area contributed by atoms with E-state index in [1.807, 2.05) is 6.08 Å². The molecule has 0 aromatic heterocycles. The third-order valence-corrected chi connectivity index (χ3v) is 3.05. The second kappa shape index (κ2) is 3.25. The lowest BCUT2D eigenvalue weighted by molar-refractivity contribution is -0.115. The Labute approximate surface area is 89.2 Å². The largest absolute Gasteiger partial charge is 0.294 e. The van der Waals surface area contributed by atoms with Crippen LogP contribution in [0.5, 0.6) is 0 Å². The van der Waals surface area contributed by atoms with Crippen molar-refractivity contribution < 1.29 is 4.79 Å². The molecular formula is C12H11ClO. The molecule has 0 saturated heterocycles. The van der Waals surface area contributed by atoms with Gasteiger partial charge in [0.25, 0.3) is 0 Å².